The van der Waals surface area contributed by atoms with Crippen molar-refractivity contribution in [1.82, 2.24) is 15.2 Å². The Bertz CT molecular complexity index is 637. The molecule has 1 fully saturated rings. The van der Waals surface area contributed by atoms with Gasteiger partial charge in [-0.15, -0.1) is 10.2 Å². The van der Waals surface area contributed by atoms with E-state index in [1.54, 1.807) is 0 Å². The molecule has 106 valence electrons. The molecule has 0 bridgehead atoms. The molecule has 1 aliphatic rings. The van der Waals surface area contributed by atoms with Crippen molar-refractivity contribution >= 4 is 34.0 Å². The molecule has 2 aromatic rings. The zero-order valence-electron chi connectivity index (χ0n) is 10.6. The molecule has 2 aromatic heterocycles. The van der Waals surface area contributed by atoms with Crippen LogP contribution in [0.3, 0.4) is 0 Å². The maximum absolute atomic E-state index is 11.4. The first-order valence-electron chi connectivity index (χ1n) is 5.98. The summed E-state index contributed by atoms with van der Waals surface area (Å²) >= 11 is 6.98. The summed E-state index contributed by atoms with van der Waals surface area (Å²) in [5, 5.41) is 11.5. The summed E-state index contributed by atoms with van der Waals surface area (Å²) in [4.78, 5) is 15.7. The van der Waals surface area contributed by atoms with Gasteiger partial charge in [0, 0.05) is 5.92 Å². The van der Waals surface area contributed by atoms with E-state index in [1.165, 1.54) is 7.11 Å². The Hall–Kier alpha value is -1.67. The van der Waals surface area contributed by atoms with Gasteiger partial charge in [0.2, 0.25) is 11.8 Å². The number of nitrogens with one attached hydrogen (secondary N) is 1. The minimum Gasteiger partial charge on any atom is -0.465 e. The molecule has 3 rings (SSSR count). The molecule has 20 heavy (non-hydrogen) atoms. The zero-order chi connectivity index (χ0) is 14.1. The number of nitrogens with zero attached hydrogens (tertiary/aromatic N) is 3. The van der Waals surface area contributed by atoms with Crippen LogP contribution in [0.4, 0.5) is 5.13 Å². The predicted molar refractivity (Wildman–Crippen MR) is 72.1 cm³/mol. The molecule has 2 heterocycles. The summed E-state index contributed by atoms with van der Waals surface area (Å²) in [6.07, 6.45) is 2.22. The van der Waals surface area contributed by atoms with E-state index >= 15 is 0 Å². The third-order valence-electron chi connectivity index (χ3n) is 2.76. The Morgan fingerprint density at radius 3 is 3.05 bits per heavy atom. The SMILES string of the molecule is COC(=O)c1sc(NCc2nnc(C3CC3)o2)nc1Cl. The number of methoxy groups -OCH3 is 1. The van der Waals surface area contributed by atoms with Gasteiger partial charge in [-0.25, -0.2) is 9.78 Å². The molecular weight excluding hydrogens is 304 g/mol. The summed E-state index contributed by atoms with van der Waals surface area (Å²) < 4.78 is 10.1. The lowest BCUT2D eigenvalue weighted by molar-refractivity contribution is 0.0606. The molecule has 0 spiro atoms. The second-order valence-electron chi connectivity index (χ2n) is 4.29. The van der Waals surface area contributed by atoms with Crippen molar-refractivity contribution in [1.29, 1.82) is 0 Å². The lowest BCUT2D eigenvalue weighted by Gasteiger charge is -1.96. The fourth-order valence-corrected chi connectivity index (χ4v) is 2.68. The van der Waals surface area contributed by atoms with E-state index in [0.29, 0.717) is 29.4 Å². The Balaban J connectivity index is 1.63. The average Bonchev–Trinajstić information content (AvgIpc) is 3.07. The maximum Gasteiger partial charge on any atom is 0.351 e. The molecule has 1 saturated carbocycles. The highest BCUT2D eigenvalue weighted by Gasteiger charge is 2.29. The number of rotatable bonds is 5. The Morgan fingerprint density at radius 1 is 1.55 bits per heavy atom. The number of carbonyl (C=O) groups excluding carboxylic acids is 1. The monoisotopic (exact) mass is 314 g/mol. The first kappa shape index (κ1) is 13.3. The van der Waals surface area contributed by atoms with Crippen LogP contribution in [0.1, 0.15) is 40.2 Å². The number of thiazole rings is 1. The molecule has 0 unspecified atom stereocenters. The van der Waals surface area contributed by atoms with Crippen LogP contribution in [0.2, 0.25) is 5.15 Å². The first-order chi connectivity index (χ1) is 9.67. The molecule has 9 heteroatoms. The molecule has 7 nitrogen and oxygen atoms in total. The average molecular weight is 315 g/mol. The highest BCUT2D eigenvalue weighted by atomic mass is 35.5. The maximum atomic E-state index is 11.4. The lowest BCUT2D eigenvalue weighted by Crippen LogP contribution is -1.99. The third-order valence-corrected chi connectivity index (χ3v) is 4.14. The standard InChI is InChI=1S/C11H11ClN4O3S/c1-18-10(17)7-8(12)14-11(20-7)13-4-6-15-16-9(19-6)5-2-3-5/h5H,2-4H2,1H3,(H,13,14). The minimum absolute atomic E-state index is 0.119. The Kier molecular flexibility index (Phi) is 3.58. The normalized spacial score (nSPS) is 14.3. The number of ether oxygens (including phenoxy) is 1. The van der Waals surface area contributed by atoms with Gasteiger partial charge >= 0.3 is 5.97 Å². The van der Waals surface area contributed by atoms with Gasteiger partial charge in [0.05, 0.1) is 13.7 Å². The molecular formula is C11H11ClN4O3S. The topological polar surface area (TPSA) is 90.1 Å². The summed E-state index contributed by atoms with van der Waals surface area (Å²) in [7, 11) is 1.29. The van der Waals surface area contributed by atoms with Crippen LogP contribution in [0.5, 0.6) is 0 Å². The van der Waals surface area contributed by atoms with E-state index in [2.05, 4.69) is 25.2 Å². The van der Waals surface area contributed by atoms with Gasteiger partial charge in [-0.2, -0.15) is 0 Å². The largest absolute Gasteiger partial charge is 0.465 e. The summed E-state index contributed by atoms with van der Waals surface area (Å²) in [5.41, 5.74) is 0. The van der Waals surface area contributed by atoms with E-state index < -0.39 is 5.97 Å². The van der Waals surface area contributed by atoms with Crippen LogP contribution in [0.15, 0.2) is 4.42 Å². The van der Waals surface area contributed by atoms with Gasteiger partial charge < -0.3 is 14.5 Å². The molecule has 0 radical (unpaired) electrons. The number of hydrogen-bond donors (Lipinski definition) is 1. The lowest BCUT2D eigenvalue weighted by atomic mass is 10.4. The van der Waals surface area contributed by atoms with Crippen LogP contribution in [-0.2, 0) is 11.3 Å². The van der Waals surface area contributed by atoms with Crippen LogP contribution < -0.4 is 5.32 Å². The van der Waals surface area contributed by atoms with Crippen LogP contribution >= 0.6 is 22.9 Å². The second-order valence-corrected chi connectivity index (χ2v) is 5.65. The van der Waals surface area contributed by atoms with Gasteiger partial charge in [0.1, 0.15) is 0 Å². The van der Waals surface area contributed by atoms with E-state index in [0.717, 1.165) is 24.2 Å². The van der Waals surface area contributed by atoms with Crippen molar-refractivity contribution in [3.63, 3.8) is 0 Å². The van der Waals surface area contributed by atoms with Crippen molar-refractivity contribution in [2.24, 2.45) is 0 Å². The number of halogens is 1. The van der Waals surface area contributed by atoms with Crippen LogP contribution in [0, 0.1) is 0 Å². The minimum atomic E-state index is -0.505. The molecule has 0 atom stereocenters. The van der Waals surface area contributed by atoms with Crippen LogP contribution in [0.25, 0.3) is 0 Å². The zero-order valence-corrected chi connectivity index (χ0v) is 12.1. The van der Waals surface area contributed by atoms with Crippen molar-refractivity contribution in [2.45, 2.75) is 25.3 Å². The van der Waals surface area contributed by atoms with Crippen molar-refractivity contribution < 1.29 is 13.9 Å². The van der Waals surface area contributed by atoms with E-state index in [-0.39, 0.29) is 10.0 Å². The predicted octanol–water partition coefficient (Wildman–Crippen LogP) is 2.46. The highest BCUT2D eigenvalue weighted by Crippen LogP contribution is 2.39. The summed E-state index contributed by atoms with van der Waals surface area (Å²) in [6.45, 7) is 0.337. The number of esters is 1. The van der Waals surface area contributed by atoms with Gasteiger partial charge in [0.15, 0.2) is 15.2 Å². The second kappa shape index (κ2) is 5.37. The van der Waals surface area contributed by atoms with Crippen molar-refractivity contribution in [2.75, 3.05) is 12.4 Å². The fraction of sp³-hybridized carbons (Fsp3) is 0.455. The van der Waals surface area contributed by atoms with E-state index in [9.17, 15) is 4.79 Å². The Morgan fingerprint density at radius 2 is 2.35 bits per heavy atom. The molecule has 0 amide bonds. The Labute approximate surface area is 123 Å². The third kappa shape index (κ3) is 2.75. The van der Waals surface area contributed by atoms with Crippen molar-refractivity contribution in [3.05, 3.63) is 21.8 Å². The molecule has 1 N–H and O–H groups in total. The van der Waals surface area contributed by atoms with E-state index in [4.69, 9.17) is 16.0 Å². The number of aromatic nitrogens is 3. The van der Waals surface area contributed by atoms with Gasteiger partial charge in [0.25, 0.3) is 0 Å². The molecule has 1 aliphatic carbocycles. The van der Waals surface area contributed by atoms with Crippen molar-refractivity contribution in [3.8, 4) is 0 Å². The number of hydrogen-bond acceptors (Lipinski definition) is 8. The molecule has 0 aliphatic heterocycles. The van der Waals surface area contributed by atoms with E-state index in [1.807, 2.05) is 0 Å². The summed E-state index contributed by atoms with van der Waals surface area (Å²) in [6, 6.07) is 0. The number of anilines is 1. The summed E-state index contributed by atoms with van der Waals surface area (Å²) in [5.74, 6) is 1.10. The van der Waals surface area contributed by atoms with Gasteiger partial charge in [-0.05, 0) is 12.8 Å². The molecule has 0 aromatic carbocycles. The first-order valence-corrected chi connectivity index (χ1v) is 7.17. The van der Waals surface area contributed by atoms with Crippen LogP contribution in [-0.4, -0.2) is 28.3 Å². The highest BCUT2D eigenvalue weighted by molar-refractivity contribution is 7.18. The van der Waals surface area contributed by atoms with Gasteiger partial charge in [-0.1, -0.05) is 22.9 Å². The smallest absolute Gasteiger partial charge is 0.351 e. The molecule has 0 saturated heterocycles. The fourth-order valence-electron chi connectivity index (χ4n) is 1.58. The quantitative estimate of drug-likeness (QED) is 0.848. The van der Waals surface area contributed by atoms with Gasteiger partial charge in [-0.3, -0.25) is 0 Å². The number of carbonyl (C=O) groups is 1.